The Balaban J connectivity index is 1.25. The Bertz CT molecular complexity index is 1790. The average Bonchev–Trinajstić information content (AvgIpc) is 3.42. The van der Waals surface area contributed by atoms with Crippen LogP contribution < -0.4 is 15.0 Å². The quantitative estimate of drug-likeness (QED) is 0.132. The standard InChI is InChI=1S/C35H30BrCl2N3O6/c36-19-40-32(45)34(37)18-27-25(29(35(34,38)33(40)46)20-6-12-24(13-7-20)47-17-16-42)14-15-26-28(27)31(44)41(30(26)43)23-10-8-22(9-11-23)39-21-4-2-1-3-5-21/h1-14,26-29,39,42H,15-19H2. The van der Waals surface area contributed by atoms with Crippen LogP contribution in [0.25, 0.3) is 0 Å². The normalized spacial score (nSPS) is 29.7. The van der Waals surface area contributed by atoms with Crippen LogP contribution in [-0.2, 0) is 19.2 Å². The molecule has 0 aromatic heterocycles. The molecular formula is C35H30BrCl2N3O6. The molecule has 0 spiro atoms. The van der Waals surface area contributed by atoms with Gasteiger partial charge in [0.25, 0.3) is 11.8 Å². The van der Waals surface area contributed by atoms with Crippen LogP contribution in [0.4, 0.5) is 17.1 Å². The lowest BCUT2D eigenvalue weighted by Crippen LogP contribution is -2.60. The van der Waals surface area contributed by atoms with Gasteiger partial charge in [0.1, 0.15) is 12.4 Å². The molecule has 3 aromatic rings. The van der Waals surface area contributed by atoms with E-state index in [1.54, 1.807) is 36.4 Å². The summed E-state index contributed by atoms with van der Waals surface area (Å²) in [5, 5.41) is 12.5. The molecule has 6 unspecified atom stereocenters. The second-order valence-electron chi connectivity index (χ2n) is 12.2. The molecule has 0 radical (unpaired) electrons. The Morgan fingerprint density at radius 3 is 2.21 bits per heavy atom. The number of aliphatic hydroxyl groups is 1. The lowest BCUT2D eigenvalue weighted by Gasteiger charge is -2.50. The number of benzene rings is 3. The summed E-state index contributed by atoms with van der Waals surface area (Å²) < 4.78 is 5.53. The second kappa shape index (κ2) is 12.1. The Labute approximate surface area is 289 Å². The maximum absolute atomic E-state index is 14.3. The number of carbonyl (C=O) groups is 4. The number of nitrogens with one attached hydrogen (secondary N) is 1. The number of hydrogen-bond acceptors (Lipinski definition) is 7. The highest BCUT2D eigenvalue weighted by Crippen LogP contribution is 2.65. The number of hydrogen-bond donors (Lipinski definition) is 2. The first-order valence-corrected chi connectivity index (χ1v) is 17.2. The Morgan fingerprint density at radius 2 is 1.55 bits per heavy atom. The molecule has 0 bridgehead atoms. The molecule has 12 heteroatoms. The predicted octanol–water partition coefficient (Wildman–Crippen LogP) is 5.72. The van der Waals surface area contributed by atoms with Gasteiger partial charge in [-0.1, -0.05) is 57.9 Å². The number of allylic oxidation sites excluding steroid dienone is 2. The van der Waals surface area contributed by atoms with E-state index in [1.165, 1.54) is 4.90 Å². The van der Waals surface area contributed by atoms with E-state index in [0.717, 1.165) is 16.3 Å². The SMILES string of the molecule is O=C1C2CC=C3C(CC4(Cl)C(=O)N(CBr)C(=O)C4(Cl)C3c3ccc(OCCO)cc3)C2C(=O)N1c1ccc(Nc2ccccc2)cc1. The van der Waals surface area contributed by atoms with Gasteiger partial charge < -0.3 is 15.2 Å². The van der Waals surface area contributed by atoms with Gasteiger partial charge in [-0.2, -0.15) is 0 Å². The van der Waals surface area contributed by atoms with E-state index in [0.29, 0.717) is 22.6 Å². The summed E-state index contributed by atoms with van der Waals surface area (Å²) in [6.07, 6.45) is 2.09. The Kier molecular flexibility index (Phi) is 8.19. The van der Waals surface area contributed by atoms with Crippen LogP contribution >= 0.6 is 39.1 Å². The van der Waals surface area contributed by atoms with Crippen LogP contribution in [0, 0.1) is 17.8 Å². The Morgan fingerprint density at radius 1 is 0.872 bits per heavy atom. The van der Waals surface area contributed by atoms with E-state index in [1.807, 2.05) is 48.5 Å². The third-order valence-electron chi connectivity index (χ3n) is 9.78. The molecule has 7 rings (SSSR count). The minimum absolute atomic E-state index is 0.0832. The Hall–Kier alpha value is -3.70. The third-order valence-corrected chi connectivity index (χ3v) is 11.7. The molecule has 4 amide bonds. The number of rotatable bonds is 8. The van der Waals surface area contributed by atoms with E-state index >= 15 is 0 Å². The number of alkyl halides is 3. The van der Waals surface area contributed by atoms with Crippen LogP contribution in [-0.4, -0.2) is 62.1 Å². The summed E-state index contributed by atoms with van der Waals surface area (Å²) in [5.74, 6) is -4.39. The highest BCUT2D eigenvalue weighted by atomic mass is 79.9. The van der Waals surface area contributed by atoms with Crippen molar-refractivity contribution in [3.63, 3.8) is 0 Å². The fraction of sp³-hybridized carbons (Fsp3) is 0.314. The van der Waals surface area contributed by atoms with E-state index in [2.05, 4.69) is 21.2 Å². The fourth-order valence-electron chi connectivity index (χ4n) is 7.68. The largest absolute Gasteiger partial charge is 0.491 e. The number of ether oxygens (including phenoxy) is 1. The van der Waals surface area contributed by atoms with Crippen molar-refractivity contribution in [3.8, 4) is 5.75 Å². The van der Waals surface area contributed by atoms with Crippen molar-refractivity contribution in [2.45, 2.75) is 28.5 Å². The second-order valence-corrected chi connectivity index (χ2v) is 13.9. The lowest BCUT2D eigenvalue weighted by molar-refractivity contribution is -0.138. The molecule has 4 aliphatic rings. The number of imide groups is 2. The van der Waals surface area contributed by atoms with E-state index in [9.17, 15) is 19.2 Å². The van der Waals surface area contributed by atoms with Crippen molar-refractivity contribution in [2.24, 2.45) is 17.8 Å². The number of para-hydroxylation sites is 1. The highest BCUT2D eigenvalue weighted by molar-refractivity contribution is 9.09. The third kappa shape index (κ3) is 4.83. The topological polar surface area (TPSA) is 116 Å². The molecule has 9 nitrogen and oxygen atoms in total. The maximum Gasteiger partial charge on any atom is 0.254 e. The molecular weight excluding hydrogens is 709 g/mol. The minimum Gasteiger partial charge on any atom is -0.491 e. The molecule has 2 aliphatic heterocycles. The molecule has 1 saturated carbocycles. The van der Waals surface area contributed by atoms with Crippen LogP contribution in [0.5, 0.6) is 5.75 Å². The van der Waals surface area contributed by atoms with Gasteiger partial charge in [0.15, 0.2) is 9.75 Å². The number of likely N-dealkylation sites (tertiary alicyclic amines) is 1. The lowest BCUT2D eigenvalue weighted by atomic mass is 9.56. The van der Waals surface area contributed by atoms with Gasteiger partial charge in [-0.3, -0.25) is 29.0 Å². The summed E-state index contributed by atoms with van der Waals surface area (Å²) in [7, 11) is 0. The zero-order valence-electron chi connectivity index (χ0n) is 24.9. The van der Waals surface area contributed by atoms with Crippen LogP contribution in [0.15, 0.2) is 90.5 Å². The molecule has 2 aliphatic carbocycles. The smallest absolute Gasteiger partial charge is 0.254 e. The summed E-state index contributed by atoms with van der Waals surface area (Å²) in [6.45, 7) is -0.0477. The summed E-state index contributed by atoms with van der Waals surface area (Å²) >= 11 is 17.8. The summed E-state index contributed by atoms with van der Waals surface area (Å²) in [5.41, 5.74) is 3.38. The minimum atomic E-state index is -1.88. The van der Waals surface area contributed by atoms with E-state index in [4.69, 9.17) is 33.0 Å². The molecule has 2 saturated heterocycles. The van der Waals surface area contributed by atoms with Crippen molar-refractivity contribution in [1.82, 2.24) is 4.90 Å². The predicted molar refractivity (Wildman–Crippen MR) is 181 cm³/mol. The number of anilines is 3. The van der Waals surface area contributed by atoms with Gasteiger partial charge in [-0.25, -0.2) is 0 Å². The van der Waals surface area contributed by atoms with Gasteiger partial charge in [-0.05, 0) is 72.9 Å². The molecule has 3 aromatic carbocycles. The van der Waals surface area contributed by atoms with Gasteiger partial charge in [0.05, 0.1) is 29.6 Å². The van der Waals surface area contributed by atoms with Crippen LogP contribution in [0.3, 0.4) is 0 Å². The van der Waals surface area contributed by atoms with Gasteiger partial charge in [0, 0.05) is 17.3 Å². The first kappa shape index (κ1) is 31.9. The molecule has 47 heavy (non-hydrogen) atoms. The zero-order chi connectivity index (χ0) is 33.1. The van der Waals surface area contributed by atoms with Crippen molar-refractivity contribution in [1.29, 1.82) is 0 Å². The van der Waals surface area contributed by atoms with Crippen LogP contribution in [0.1, 0.15) is 24.3 Å². The number of carbonyl (C=O) groups excluding carboxylic acids is 4. The van der Waals surface area contributed by atoms with Crippen LogP contribution in [0.2, 0.25) is 0 Å². The van der Waals surface area contributed by atoms with E-state index < -0.39 is 45.2 Å². The molecule has 6 atom stereocenters. The number of halogens is 3. The van der Waals surface area contributed by atoms with Crippen molar-refractivity contribution in [3.05, 3.63) is 96.1 Å². The number of aliphatic hydroxyl groups excluding tert-OH is 1. The maximum atomic E-state index is 14.3. The van der Waals surface area contributed by atoms with Gasteiger partial charge in [-0.15, -0.1) is 23.2 Å². The summed E-state index contributed by atoms with van der Waals surface area (Å²) in [6, 6.07) is 23.6. The molecule has 2 heterocycles. The van der Waals surface area contributed by atoms with Gasteiger partial charge >= 0.3 is 0 Å². The number of amides is 4. The number of fused-ring (bicyclic) bond motifs is 4. The molecule has 3 fully saturated rings. The molecule has 242 valence electrons. The van der Waals surface area contributed by atoms with Gasteiger partial charge in [0.2, 0.25) is 11.8 Å². The van der Waals surface area contributed by atoms with Crippen molar-refractivity contribution >= 4 is 79.8 Å². The van der Waals surface area contributed by atoms with E-state index in [-0.39, 0.29) is 43.3 Å². The first-order valence-electron chi connectivity index (χ1n) is 15.3. The first-order chi connectivity index (χ1) is 22.6. The average molecular weight is 739 g/mol. The number of nitrogens with zero attached hydrogens (tertiary/aromatic N) is 2. The highest BCUT2D eigenvalue weighted by Gasteiger charge is 2.76. The summed E-state index contributed by atoms with van der Waals surface area (Å²) in [4.78, 5) is 54.5. The molecule has 2 N–H and O–H groups in total. The fourth-order valence-corrected chi connectivity index (χ4v) is 9.11. The van der Waals surface area contributed by atoms with Crippen molar-refractivity contribution in [2.75, 3.05) is 28.9 Å². The monoisotopic (exact) mass is 737 g/mol. The zero-order valence-corrected chi connectivity index (χ0v) is 28.0. The van der Waals surface area contributed by atoms with Crippen molar-refractivity contribution < 1.29 is 29.0 Å².